The Labute approximate surface area is 261 Å². The summed E-state index contributed by atoms with van der Waals surface area (Å²) in [6, 6.07) is 17.3. The number of anilines is 1. The fourth-order valence-corrected chi connectivity index (χ4v) is 5.68. The molecule has 0 unspecified atom stereocenters. The lowest BCUT2D eigenvalue weighted by molar-refractivity contribution is -0.140. The van der Waals surface area contributed by atoms with Gasteiger partial charge < -0.3 is 10.2 Å². The lowest BCUT2D eigenvalue weighted by Gasteiger charge is -2.34. The molecule has 0 radical (unpaired) electrons. The molecule has 3 aromatic rings. The van der Waals surface area contributed by atoms with Crippen LogP contribution in [0.3, 0.4) is 0 Å². The van der Waals surface area contributed by atoms with Crippen molar-refractivity contribution in [2.75, 3.05) is 17.1 Å². The maximum atomic E-state index is 14.1. The normalized spacial score (nSPS) is 12.9. The fourth-order valence-electron chi connectivity index (χ4n) is 4.08. The van der Waals surface area contributed by atoms with Crippen LogP contribution in [0, 0.1) is 0 Å². The Morgan fingerprint density at radius 3 is 2.17 bits per heavy atom. The smallest absolute Gasteiger partial charge is 0.244 e. The van der Waals surface area contributed by atoms with Crippen LogP contribution in [0.5, 0.6) is 0 Å². The molecule has 0 aliphatic rings. The van der Waals surface area contributed by atoms with Crippen LogP contribution < -0.4 is 9.62 Å². The Morgan fingerprint density at radius 2 is 1.59 bits per heavy atom. The summed E-state index contributed by atoms with van der Waals surface area (Å²) in [7, 11) is -3.95. The van der Waals surface area contributed by atoms with Gasteiger partial charge >= 0.3 is 0 Å². The molecule has 0 bridgehead atoms. The van der Waals surface area contributed by atoms with Gasteiger partial charge in [-0.3, -0.25) is 13.9 Å². The highest BCUT2D eigenvalue weighted by Crippen LogP contribution is 2.29. The highest BCUT2D eigenvalue weighted by atomic mass is 35.5. The van der Waals surface area contributed by atoms with Gasteiger partial charge in [0.25, 0.3) is 0 Å². The highest BCUT2D eigenvalue weighted by molar-refractivity contribution is 7.92. The maximum Gasteiger partial charge on any atom is 0.244 e. The number of amides is 2. The molecule has 7 nitrogen and oxygen atoms in total. The Kier molecular flexibility index (Phi) is 11.8. The summed E-state index contributed by atoms with van der Waals surface area (Å²) < 4.78 is 26.7. The number of sulfonamides is 1. The van der Waals surface area contributed by atoms with Crippen LogP contribution in [0.1, 0.15) is 31.4 Å². The van der Waals surface area contributed by atoms with Crippen molar-refractivity contribution in [1.29, 1.82) is 0 Å². The van der Waals surface area contributed by atoms with Gasteiger partial charge in [0.15, 0.2) is 0 Å². The summed E-state index contributed by atoms with van der Waals surface area (Å²) in [6.07, 6.45) is 1.85. The van der Waals surface area contributed by atoms with Crippen LogP contribution in [0.25, 0.3) is 0 Å². The van der Waals surface area contributed by atoms with E-state index < -0.39 is 28.5 Å². The predicted molar refractivity (Wildman–Crippen MR) is 167 cm³/mol. The first kappa shape index (κ1) is 33.0. The Balaban J connectivity index is 2.10. The van der Waals surface area contributed by atoms with Gasteiger partial charge in [-0.15, -0.1) is 0 Å². The van der Waals surface area contributed by atoms with Crippen LogP contribution in [-0.4, -0.2) is 50.0 Å². The topological polar surface area (TPSA) is 86.8 Å². The van der Waals surface area contributed by atoms with Gasteiger partial charge in [-0.25, -0.2) is 8.42 Å². The number of hydrogen-bond donors (Lipinski definition) is 1. The first-order valence-corrected chi connectivity index (χ1v) is 16.2. The van der Waals surface area contributed by atoms with Gasteiger partial charge in [-0.05, 0) is 54.8 Å². The molecule has 0 aliphatic carbocycles. The zero-order chi connectivity index (χ0) is 30.3. The Bertz CT molecular complexity index is 1490. The van der Waals surface area contributed by atoms with Crippen molar-refractivity contribution in [2.45, 2.75) is 45.3 Å². The van der Waals surface area contributed by atoms with E-state index in [-0.39, 0.29) is 40.6 Å². The average Bonchev–Trinajstić information content (AvgIpc) is 2.91. The molecule has 0 aliphatic heterocycles. The molecule has 0 fully saturated rings. The summed E-state index contributed by atoms with van der Waals surface area (Å²) in [5, 5.41) is 4.06. The molecule has 0 aromatic heterocycles. The van der Waals surface area contributed by atoms with Crippen molar-refractivity contribution in [1.82, 2.24) is 10.2 Å². The van der Waals surface area contributed by atoms with E-state index in [0.717, 1.165) is 16.1 Å². The number of hydrogen-bond acceptors (Lipinski definition) is 4. The summed E-state index contributed by atoms with van der Waals surface area (Å²) in [5.41, 5.74) is 1.52. The third-order valence-corrected chi connectivity index (χ3v) is 8.96. The molecule has 2 atom stereocenters. The van der Waals surface area contributed by atoms with Crippen LogP contribution in [0.2, 0.25) is 20.1 Å². The second-order valence-corrected chi connectivity index (χ2v) is 13.2. The van der Waals surface area contributed by atoms with Crippen molar-refractivity contribution in [2.24, 2.45) is 0 Å². The highest BCUT2D eigenvalue weighted by Gasteiger charge is 2.34. The molecule has 41 heavy (non-hydrogen) atoms. The number of rotatable bonds is 12. The summed E-state index contributed by atoms with van der Waals surface area (Å²) in [5.74, 6) is -0.991. The molecule has 0 heterocycles. The van der Waals surface area contributed by atoms with Crippen LogP contribution in [0.4, 0.5) is 5.69 Å². The van der Waals surface area contributed by atoms with Gasteiger partial charge in [0, 0.05) is 29.1 Å². The minimum Gasteiger partial charge on any atom is -0.352 e. The molecular formula is C29H31Cl4N3O4S. The van der Waals surface area contributed by atoms with E-state index >= 15 is 0 Å². The average molecular weight is 659 g/mol. The molecule has 1 N–H and O–H groups in total. The summed E-state index contributed by atoms with van der Waals surface area (Å²) in [4.78, 5) is 29.2. The largest absolute Gasteiger partial charge is 0.352 e. The van der Waals surface area contributed by atoms with Gasteiger partial charge in [0.2, 0.25) is 21.8 Å². The lowest BCUT2D eigenvalue weighted by Crippen LogP contribution is -2.54. The minimum absolute atomic E-state index is 0.0702. The molecule has 2 amide bonds. The Morgan fingerprint density at radius 1 is 0.902 bits per heavy atom. The van der Waals surface area contributed by atoms with E-state index in [1.54, 1.807) is 18.2 Å². The number of nitrogens with zero attached hydrogens (tertiary/aromatic N) is 2. The van der Waals surface area contributed by atoms with Crippen LogP contribution in [0.15, 0.2) is 66.7 Å². The molecule has 3 rings (SSSR count). The second kappa shape index (κ2) is 14.6. The van der Waals surface area contributed by atoms with E-state index in [1.807, 2.05) is 44.2 Å². The zero-order valence-electron chi connectivity index (χ0n) is 22.8. The molecule has 0 spiro atoms. The fraction of sp³-hybridized carbons (Fsp3) is 0.310. The molecule has 0 saturated carbocycles. The van der Waals surface area contributed by atoms with Crippen molar-refractivity contribution >= 4 is 73.9 Å². The van der Waals surface area contributed by atoms with Crippen molar-refractivity contribution in [3.8, 4) is 0 Å². The first-order chi connectivity index (χ1) is 19.3. The number of nitrogens with one attached hydrogen (secondary N) is 1. The summed E-state index contributed by atoms with van der Waals surface area (Å²) >= 11 is 24.8. The molecule has 3 aromatic carbocycles. The monoisotopic (exact) mass is 657 g/mol. The molecular weight excluding hydrogens is 628 g/mol. The summed E-state index contributed by atoms with van der Waals surface area (Å²) in [6.45, 7) is 3.15. The van der Waals surface area contributed by atoms with Crippen LogP contribution in [-0.2, 0) is 32.6 Å². The van der Waals surface area contributed by atoms with Crippen molar-refractivity contribution in [3.63, 3.8) is 0 Å². The molecule has 220 valence electrons. The molecule has 12 heteroatoms. The zero-order valence-corrected chi connectivity index (χ0v) is 26.6. The molecule has 0 saturated heterocycles. The van der Waals surface area contributed by atoms with E-state index in [9.17, 15) is 18.0 Å². The van der Waals surface area contributed by atoms with Gasteiger partial charge in [0.1, 0.15) is 12.6 Å². The van der Waals surface area contributed by atoms with Crippen molar-refractivity contribution < 1.29 is 18.0 Å². The third-order valence-electron chi connectivity index (χ3n) is 6.50. The minimum atomic E-state index is -3.95. The lowest BCUT2D eigenvalue weighted by atomic mass is 10.0. The number of carbonyl (C=O) groups is 2. The predicted octanol–water partition coefficient (Wildman–Crippen LogP) is 6.62. The van der Waals surface area contributed by atoms with Crippen molar-refractivity contribution in [3.05, 3.63) is 97.9 Å². The number of halogens is 4. The first-order valence-electron chi connectivity index (χ1n) is 12.8. The maximum absolute atomic E-state index is 14.1. The van der Waals surface area contributed by atoms with E-state index in [2.05, 4.69) is 5.32 Å². The van der Waals surface area contributed by atoms with Crippen LogP contribution >= 0.6 is 46.4 Å². The third kappa shape index (κ3) is 9.25. The van der Waals surface area contributed by atoms with E-state index in [1.165, 1.54) is 23.1 Å². The van der Waals surface area contributed by atoms with E-state index in [0.29, 0.717) is 22.0 Å². The number of benzene rings is 3. The van der Waals surface area contributed by atoms with Gasteiger partial charge in [-0.1, -0.05) is 89.7 Å². The quantitative estimate of drug-likeness (QED) is 0.237. The SMILES string of the molecule is CC[C@@H](C)NC(=O)[C@@H](Cc1ccccc1)N(Cc1ccc(Cl)cc1Cl)C(=O)CN(c1ccc(Cl)c(Cl)c1)S(C)(=O)=O. The number of carbonyl (C=O) groups excluding carboxylic acids is 2. The second-order valence-electron chi connectivity index (χ2n) is 9.65. The van der Waals surface area contributed by atoms with Gasteiger partial charge in [-0.2, -0.15) is 0 Å². The van der Waals surface area contributed by atoms with E-state index in [4.69, 9.17) is 46.4 Å². The standard InChI is InChI=1S/C29H31Cl4N3O4S/c1-4-19(2)34-29(38)27(14-20-8-6-5-7-9-20)35(17-21-10-11-22(30)15-25(21)32)28(37)18-36(41(3,39)40)23-12-13-24(31)26(33)16-23/h5-13,15-16,19,27H,4,14,17-18H2,1-3H3,(H,34,38)/t19-,27-/m1/s1. The van der Waals surface area contributed by atoms with Gasteiger partial charge in [0.05, 0.1) is 22.0 Å². The Hall–Kier alpha value is -2.49.